The van der Waals surface area contributed by atoms with Gasteiger partial charge in [0.15, 0.2) is 6.10 Å². The van der Waals surface area contributed by atoms with E-state index in [1.165, 1.54) is 25.1 Å². The summed E-state index contributed by atoms with van der Waals surface area (Å²) in [6.45, 7) is 0.291. The van der Waals surface area contributed by atoms with Crippen molar-refractivity contribution in [3.63, 3.8) is 0 Å². The highest BCUT2D eigenvalue weighted by Gasteiger charge is 2.19. The van der Waals surface area contributed by atoms with Crippen LogP contribution in [0.15, 0.2) is 42.5 Å². The van der Waals surface area contributed by atoms with Gasteiger partial charge in [-0.3, -0.25) is 4.79 Å². The normalized spacial score (nSPS) is 11.8. The molecule has 2 aromatic rings. The molecule has 26 heavy (non-hydrogen) atoms. The zero-order valence-electron chi connectivity index (χ0n) is 14.0. The highest BCUT2D eigenvalue weighted by molar-refractivity contribution is 6.32. The SMILES string of the molecule is Cc1ccc(C(=O)OC(C)C(=O)Nc2ccc(OC(F)F)c(Cl)c2)cc1. The number of hydrogen-bond donors (Lipinski definition) is 1. The Bertz CT molecular complexity index is 796. The number of rotatable bonds is 6. The first-order chi connectivity index (χ1) is 12.3. The second-order valence-corrected chi connectivity index (χ2v) is 5.83. The summed E-state index contributed by atoms with van der Waals surface area (Å²) >= 11 is 5.82. The molecule has 0 aliphatic rings. The quantitative estimate of drug-likeness (QED) is 0.749. The van der Waals surface area contributed by atoms with E-state index in [0.717, 1.165) is 5.56 Å². The van der Waals surface area contributed by atoms with Crippen LogP contribution in [0.5, 0.6) is 5.75 Å². The average Bonchev–Trinajstić information content (AvgIpc) is 2.57. The lowest BCUT2D eigenvalue weighted by atomic mass is 10.1. The van der Waals surface area contributed by atoms with E-state index < -0.39 is 24.6 Å². The van der Waals surface area contributed by atoms with E-state index in [2.05, 4.69) is 10.1 Å². The van der Waals surface area contributed by atoms with Crippen molar-refractivity contribution in [2.75, 3.05) is 5.32 Å². The van der Waals surface area contributed by atoms with E-state index >= 15 is 0 Å². The molecule has 1 atom stereocenters. The van der Waals surface area contributed by atoms with Gasteiger partial charge in [-0.2, -0.15) is 8.78 Å². The first-order valence-corrected chi connectivity index (χ1v) is 7.97. The topological polar surface area (TPSA) is 64.6 Å². The summed E-state index contributed by atoms with van der Waals surface area (Å²) in [6, 6.07) is 10.5. The highest BCUT2D eigenvalue weighted by atomic mass is 35.5. The number of carbonyl (C=O) groups excluding carboxylic acids is 2. The Morgan fingerprint density at radius 3 is 2.35 bits per heavy atom. The number of esters is 1. The lowest BCUT2D eigenvalue weighted by Gasteiger charge is -2.14. The van der Waals surface area contributed by atoms with Gasteiger partial charge in [0.1, 0.15) is 5.75 Å². The van der Waals surface area contributed by atoms with Gasteiger partial charge in [0, 0.05) is 5.69 Å². The molecule has 0 heterocycles. The van der Waals surface area contributed by atoms with Crippen LogP contribution in [-0.4, -0.2) is 24.6 Å². The predicted molar refractivity (Wildman–Crippen MR) is 92.8 cm³/mol. The molecule has 0 bridgehead atoms. The number of aryl methyl sites for hydroxylation is 1. The van der Waals surface area contributed by atoms with Gasteiger partial charge >= 0.3 is 12.6 Å². The zero-order valence-corrected chi connectivity index (χ0v) is 14.7. The molecule has 2 rings (SSSR count). The number of amides is 1. The molecule has 138 valence electrons. The molecule has 0 aliphatic carbocycles. The third kappa shape index (κ3) is 5.42. The minimum Gasteiger partial charge on any atom is -0.449 e. The molecule has 0 radical (unpaired) electrons. The molecule has 5 nitrogen and oxygen atoms in total. The van der Waals surface area contributed by atoms with Gasteiger partial charge in [-0.25, -0.2) is 4.79 Å². The molecule has 0 spiro atoms. The fourth-order valence-corrected chi connectivity index (χ4v) is 2.21. The molecule has 0 saturated heterocycles. The second-order valence-electron chi connectivity index (χ2n) is 5.43. The summed E-state index contributed by atoms with van der Waals surface area (Å²) in [5.74, 6) is -1.44. The third-order valence-corrected chi connectivity index (χ3v) is 3.65. The maximum absolute atomic E-state index is 12.2. The summed E-state index contributed by atoms with van der Waals surface area (Å²) in [5.41, 5.74) is 1.56. The Kier molecular flexibility index (Phi) is 6.52. The zero-order chi connectivity index (χ0) is 19.3. The van der Waals surface area contributed by atoms with Crippen LogP contribution in [0.25, 0.3) is 0 Å². The Labute approximate surface area is 153 Å². The Morgan fingerprint density at radius 1 is 1.12 bits per heavy atom. The molecule has 8 heteroatoms. The van der Waals surface area contributed by atoms with Crippen LogP contribution in [0.4, 0.5) is 14.5 Å². The van der Waals surface area contributed by atoms with Crippen LogP contribution in [0.1, 0.15) is 22.8 Å². The minimum absolute atomic E-state index is 0.0904. The van der Waals surface area contributed by atoms with Crippen molar-refractivity contribution in [3.05, 3.63) is 58.6 Å². The Hall–Kier alpha value is -2.67. The summed E-state index contributed by atoms with van der Waals surface area (Å²) < 4.78 is 33.7. The van der Waals surface area contributed by atoms with Gasteiger partial charge in [-0.05, 0) is 44.2 Å². The molecule has 1 N–H and O–H groups in total. The first kappa shape index (κ1) is 19.7. The van der Waals surface area contributed by atoms with Crippen LogP contribution in [-0.2, 0) is 9.53 Å². The van der Waals surface area contributed by atoms with Crippen molar-refractivity contribution >= 4 is 29.2 Å². The largest absolute Gasteiger partial charge is 0.449 e. The van der Waals surface area contributed by atoms with Gasteiger partial charge in [0.2, 0.25) is 0 Å². The number of carbonyl (C=O) groups is 2. The fraction of sp³-hybridized carbons (Fsp3) is 0.222. The molecule has 1 amide bonds. The van der Waals surface area contributed by atoms with Gasteiger partial charge in [-0.15, -0.1) is 0 Å². The monoisotopic (exact) mass is 383 g/mol. The van der Waals surface area contributed by atoms with E-state index in [4.69, 9.17) is 16.3 Å². The molecule has 0 saturated carbocycles. The summed E-state index contributed by atoms with van der Waals surface area (Å²) in [7, 11) is 0. The Morgan fingerprint density at radius 2 is 1.77 bits per heavy atom. The van der Waals surface area contributed by atoms with Crippen molar-refractivity contribution in [3.8, 4) is 5.75 Å². The molecule has 0 aliphatic heterocycles. The number of nitrogens with one attached hydrogen (secondary N) is 1. The van der Waals surface area contributed by atoms with E-state index in [-0.39, 0.29) is 16.5 Å². The van der Waals surface area contributed by atoms with E-state index in [1.54, 1.807) is 24.3 Å². The average molecular weight is 384 g/mol. The number of anilines is 1. The summed E-state index contributed by atoms with van der Waals surface area (Å²) in [6.07, 6.45) is -1.07. The van der Waals surface area contributed by atoms with Crippen LogP contribution < -0.4 is 10.1 Å². The third-order valence-electron chi connectivity index (χ3n) is 3.36. The highest BCUT2D eigenvalue weighted by Crippen LogP contribution is 2.29. The van der Waals surface area contributed by atoms with Crippen molar-refractivity contribution in [2.24, 2.45) is 0 Å². The van der Waals surface area contributed by atoms with Crippen molar-refractivity contribution in [1.29, 1.82) is 0 Å². The lowest BCUT2D eigenvalue weighted by molar-refractivity contribution is -0.123. The summed E-state index contributed by atoms with van der Waals surface area (Å²) in [4.78, 5) is 24.1. The molecule has 0 aromatic heterocycles. The molecule has 2 aromatic carbocycles. The lowest BCUT2D eigenvalue weighted by Crippen LogP contribution is -2.30. The van der Waals surface area contributed by atoms with Crippen LogP contribution >= 0.6 is 11.6 Å². The van der Waals surface area contributed by atoms with Crippen LogP contribution in [0, 0.1) is 6.92 Å². The Balaban J connectivity index is 1.97. The predicted octanol–water partition coefficient (Wildman–Crippen LogP) is 4.43. The van der Waals surface area contributed by atoms with E-state index in [1.807, 2.05) is 6.92 Å². The first-order valence-electron chi connectivity index (χ1n) is 7.59. The van der Waals surface area contributed by atoms with Crippen molar-refractivity contribution in [2.45, 2.75) is 26.6 Å². The number of benzene rings is 2. The maximum Gasteiger partial charge on any atom is 0.387 e. The van der Waals surface area contributed by atoms with Crippen molar-refractivity contribution < 1.29 is 27.8 Å². The number of hydrogen-bond acceptors (Lipinski definition) is 4. The molecule has 1 unspecified atom stereocenters. The van der Waals surface area contributed by atoms with Gasteiger partial charge < -0.3 is 14.8 Å². The van der Waals surface area contributed by atoms with E-state index in [0.29, 0.717) is 5.56 Å². The van der Waals surface area contributed by atoms with Gasteiger partial charge in [-0.1, -0.05) is 29.3 Å². The number of ether oxygens (including phenoxy) is 2. The van der Waals surface area contributed by atoms with Crippen LogP contribution in [0.2, 0.25) is 5.02 Å². The standard InChI is InChI=1S/C18H16ClF2NO4/c1-10-3-5-12(6-4-10)17(24)25-11(2)16(23)22-13-7-8-15(14(19)9-13)26-18(20)21/h3-9,11,18H,1-2H3,(H,22,23). The second kappa shape index (κ2) is 8.62. The number of alkyl halides is 2. The number of halogens is 3. The summed E-state index contributed by atoms with van der Waals surface area (Å²) in [5, 5.41) is 2.39. The van der Waals surface area contributed by atoms with Gasteiger partial charge in [0.25, 0.3) is 5.91 Å². The molecule has 0 fully saturated rings. The molecular formula is C18H16ClF2NO4. The smallest absolute Gasteiger partial charge is 0.387 e. The van der Waals surface area contributed by atoms with Gasteiger partial charge in [0.05, 0.1) is 10.6 Å². The fourth-order valence-electron chi connectivity index (χ4n) is 1.99. The maximum atomic E-state index is 12.2. The van der Waals surface area contributed by atoms with E-state index in [9.17, 15) is 18.4 Å². The minimum atomic E-state index is -3.01. The van der Waals surface area contributed by atoms with Crippen molar-refractivity contribution in [1.82, 2.24) is 0 Å². The van der Waals surface area contributed by atoms with Crippen LogP contribution in [0.3, 0.4) is 0 Å². The molecular weight excluding hydrogens is 368 g/mol.